The average molecular weight is 233 g/mol. The van der Waals surface area contributed by atoms with Gasteiger partial charge in [0.2, 0.25) is 5.88 Å². The van der Waals surface area contributed by atoms with E-state index in [0.29, 0.717) is 18.3 Å². The highest BCUT2D eigenvalue weighted by Crippen LogP contribution is 2.15. The zero-order valence-corrected chi connectivity index (χ0v) is 10.7. The molecule has 1 heterocycles. The molecule has 0 aromatic carbocycles. The number of hydrogen-bond donors (Lipinski definition) is 1. The number of aromatic nitrogens is 2. The van der Waals surface area contributed by atoms with E-state index in [2.05, 4.69) is 28.1 Å². The molecule has 4 nitrogen and oxygen atoms in total. The first-order chi connectivity index (χ1) is 8.19. The van der Waals surface area contributed by atoms with Crippen LogP contribution >= 0.6 is 0 Å². The van der Waals surface area contributed by atoms with Crippen LogP contribution < -0.4 is 10.1 Å². The van der Waals surface area contributed by atoms with Crippen LogP contribution in [-0.4, -0.2) is 22.6 Å². The van der Waals surface area contributed by atoms with Gasteiger partial charge in [0, 0.05) is 6.07 Å². The molecule has 1 unspecified atom stereocenters. The monoisotopic (exact) mass is 233 g/mol. The number of nitrogens with zero attached hydrogens (tertiary/aromatic N) is 2. The number of terminal acetylenes is 1. The van der Waals surface area contributed by atoms with Gasteiger partial charge < -0.3 is 10.1 Å². The van der Waals surface area contributed by atoms with Gasteiger partial charge in [0.15, 0.2) is 0 Å². The lowest BCUT2D eigenvalue weighted by molar-refractivity contribution is 0.325. The molecule has 1 N–H and O–H groups in total. The molecular formula is C13H19N3O. The first kappa shape index (κ1) is 13.3. The number of nitrogens with one attached hydrogen (secondary N) is 1. The van der Waals surface area contributed by atoms with Crippen molar-refractivity contribution in [2.24, 2.45) is 0 Å². The van der Waals surface area contributed by atoms with E-state index in [1.807, 2.05) is 13.8 Å². The predicted octanol–water partition coefficient (Wildman–Crippen LogP) is 2.40. The SMILES string of the molecule is C#CC(CCC)Nc1cc(OCC)nc(C)n1. The van der Waals surface area contributed by atoms with Crippen molar-refractivity contribution in [2.75, 3.05) is 11.9 Å². The summed E-state index contributed by atoms with van der Waals surface area (Å²) in [5.74, 6) is 4.68. The Labute approximate surface area is 103 Å². The van der Waals surface area contributed by atoms with Gasteiger partial charge in [-0.3, -0.25) is 0 Å². The average Bonchev–Trinajstić information content (AvgIpc) is 2.28. The standard InChI is InChI=1S/C13H19N3O/c1-5-8-11(6-2)16-12-9-13(17-7-3)15-10(4)14-12/h2,9,11H,5,7-8H2,1,3-4H3,(H,14,15,16). The first-order valence-corrected chi connectivity index (χ1v) is 5.90. The Hall–Kier alpha value is -1.76. The van der Waals surface area contributed by atoms with E-state index in [1.165, 1.54) is 0 Å². The van der Waals surface area contributed by atoms with E-state index in [0.717, 1.165) is 18.7 Å². The molecule has 0 saturated heterocycles. The minimum Gasteiger partial charge on any atom is -0.478 e. The van der Waals surface area contributed by atoms with Crippen LogP contribution in [0.15, 0.2) is 6.07 Å². The zero-order valence-electron chi connectivity index (χ0n) is 10.7. The fraction of sp³-hybridized carbons (Fsp3) is 0.538. The minimum atomic E-state index is 0.00350. The van der Waals surface area contributed by atoms with Crippen LogP contribution in [0.2, 0.25) is 0 Å². The molecule has 0 aliphatic carbocycles. The molecule has 1 atom stereocenters. The molecule has 17 heavy (non-hydrogen) atoms. The van der Waals surface area contributed by atoms with Gasteiger partial charge in [-0.1, -0.05) is 19.3 Å². The number of rotatable bonds is 6. The second kappa shape index (κ2) is 6.74. The van der Waals surface area contributed by atoms with E-state index in [4.69, 9.17) is 11.2 Å². The molecule has 1 rings (SSSR count). The molecule has 92 valence electrons. The molecule has 4 heteroatoms. The highest BCUT2D eigenvalue weighted by atomic mass is 16.5. The lowest BCUT2D eigenvalue weighted by Gasteiger charge is -2.13. The van der Waals surface area contributed by atoms with Crippen LogP contribution in [0.5, 0.6) is 5.88 Å². The van der Waals surface area contributed by atoms with Gasteiger partial charge in [-0.25, -0.2) is 4.98 Å². The summed E-state index contributed by atoms with van der Waals surface area (Å²) in [5.41, 5.74) is 0. The summed E-state index contributed by atoms with van der Waals surface area (Å²) in [6, 6.07) is 1.78. The summed E-state index contributed by atoms with van der Waals surface area (Å²) in [4.78, 5) is 8.47. The van der Waals surface area contributed by atoms with Crippen molar-refractivity contribution in [2.45, 2.75) is 39.7 Å². The van der Waals surface area contributed by atoms with Crippen LogP contribution in [0.4, 0.5) is 5.82 Å². The molecule has 0 bridgehead atoms. The Kier molecular flexibility index (Phi) is 5.28. The predicted molar refractivity (Wildman–Crippen MR) is 69.1 cm³/mol. The van der Waals surface area contributed by atoms with Crippen molar-refractivity contribution < 1.29 is 4.74 Å². The number of anilines is 1. The molecule has 1 aromatic heterocycles. The van der Waals surface area contributed by atoms with Gasteiger partial charge in [0.1, 0.15) is 11.6 Å². The fourth-order valence-electron chi connectivity index (χ4n) is 1.50. The van der Waals surface area contributed by atoms with Gasteiger partial charge in [0.05, 0.1) is 12.6 Å². The van der Waals surface area contributed by atoms with Crippen molar-refractivity contribution in [3.05, 3.63) is 11.9 Å². The Bertz CT molecular complexity index is 398. The maximum atomic E-state index is 5.45. The Morgan fingerprint density at radius 1 is 1.47 bits per heavy atom. The van der Waals surface area contributed by atoms with E-state index in [9.17, 15) is 0 Å². The third-order valence-corrected chi connectivity index (χ3v) is 2.21. The van der Waals surface area contributed by atoms with Crippen molar-refractivity contribution in [3.63, 3.8) is 0 Å². The summed E-state index contributed by atoms with van der Waals surface area (Å²) < 4.78 is 5.36. The van der Waals surface area contributed by atoms with Gasteiger partial charge in [0.25, 0.3) is 0 Å². The Morgan fingerprint density at radius 3 is 2.82 bits per heavy atom. The minimum absolute atomic E-state index is 0.00350. The number of hydrogen-bond acceptors (Lipinski definition) is 4. The summed E-state index contributed by atoms with van der Waals surface area (Å²) in [6.45, 7) is 6.44. The molecule has 0 saturated carbocycles. The summed E-state index contributed by atoms with van der Waals surface area (Å²) in [5, 5.41) is 3.20. The third kappa shape index (κ3) is 4.31. The quantitative estimate of drug-likeness (QED) is 0.766. The summed E-state index contributed by atoms with van der Waals surface area (Å²) in [6.07, 6.45) is 7.41. The summed E-state index contributed by atoms with van der Waals surface area (Å²) in [7, 11) is 0. The van der Waals surface area contributed by atoms with Crippen molar-refractivity contribution in [1.82, 2.24) is 9.97 Å². The van der Waals surface area contributed by atoms with E-state index in [1.54, 1.807) is 6.07 Å². The Morgan fingerprint density at radius 2 is 2.24 bits per heavy atom. The first-order valence-electron chi connectivity index (χ1n) is 5.90. The van der Waals surface area contributed by atoms with E-state index >= 15 is 0 Å². The second-order valence-electron chi connectivity index (χ2n) is 3.72. The van der Waals surface area contributed by atoms with Crippen molar-refractivity contribution in [3.8, 4) is 18.2 Å². The van der Waals surface area contributed by atoms with Crippen LogP contribution in [0.1, 0.15) is 32.5 Å². The third-order valence-electron chi connectivity index (χ3n) is 2.21. The molecule has 0 aliphatic rings. The van der Waals surface area contributed by atoms with Crippen LogP contribution in [0.25, 0.3) is 0 Å². The molecular weight excluding hydrogens is 214 g/mol. The zero-order chi connectivity index (χ0) is 12.7. The molecule has 1 aromatic rings. The smallest absolute Gasteiger partial charge is 0.218 e. The van der Waals surface area contributed by atoms with E-state index in [-0.39, 0.29) is 6.04 Å². The maximum Gasteiger partial charge on any atom is 0.218 e. The molecule has 0 fully saturated rings. The van der Waals surface area contributed by atoms with Crippen LogP contribution in [0, 0.1) is 19.3 Å². The van der Waals surface area contributed by atoms with Gasteiger partial charge in [-0.15, -0.1) is 6.42 Å². The Balaban J connectivity index is 2.79. The van der Waals surface area contributed by atoms with Gasteiger partial charge in [-0.2, -0.15) is 4.98 Å². The van der Waals surface area contributed by atoms with E-state index < -0.39 is 0 Å². The molecule has 0 spiro atoms. The topological polar surface area (TPSA) is 47.0 Å². The van der Waals surface area contributed by atoms with Gasteiger partial charge >= 0.3 is 0 Å². The molecule has 0 amide bonds. The largest absolute Gasteiger partial charge is 0.478 e. The van der Waals surface area contributed by atoms with Crippen molar-refractivity contribution >= 4 is 5.82 Å². The second-order valence-corrected chi connectivity index (χ2v) is 3.72. The van der Waals surface area contributed by atoms with Crippen LogP contribution in [0.3, 0.4) is 0 Å². The fourth-order valence-corrected chi connectivity index (χ4v) is 1.50. The van der Waals surface area contributed by atoms with Gasteiger partial charge in [-0.05, 0) is 20.3 Å². The highest BCUT2D eigenvalue weighted by molar-refractivity contribution is 5.41. The normalized spacial score (nSPS) is 11.6. The van der Waals surface area contributed by atoms with Crippen molar-refractivity contribution in [1.29, 1.82) is 0 Å². The number of ether oxygens (including phenoxy) is 1. The lowest BCUT2D eigenvalue weighted by Crippen LogP contribution is -2.18. The molecule has 0 aliphatic heterocycles. The molecule has 0 radical (unpaired) electrons. The van der Waals surface area contributed by atoms with Crippen LogP contribution in [-0.2, 0) is 0 Å². The highest BCUT2D eigenvalue weighted by Gasteiger charge is 2.07. The maximum absolute atomic E-state index is 5.45. The lowest BCUT2D eigenvalue weighted by atomic mass is 10.2. The number of aryl methyl sites for hydroxylation is 1. The summed E-state index contributed by atoms with van der Waals surface area (Å²) >= 11 is 0.